The number of aryl methyl sites for hydroxylation is 1. The molecule has 0 bridgehead atoms. The van der Waals surface area contributed by atoms with Crippen LogP contribution in [0.3, 0.4) is 0 Å². The van der Waals surface area contributed by atoms with Crippen molar-refractivity contribution in [1.29, 1.82) is 0 Å². The second-order valence-corrected chi connectivity index (χ2v) is 5.05. The van der Waals surface area contributed by atoms with Gasteiger partial charge in [0.15, 0.2) is 0 Å². The number of benzene rings is 1. The fraction of sp³-hybridized carbons (Fsp3) is 0.312. The zero-order valence-electron chi connectivity index (χ0n) is 12.1. The van der Waals surface area contributed by atoms with Gasteiger partial charge in [0.05, 0.1) is 7.11 Å². The van der Waals surface area contributed by atoms with E-state index < -0.39 is 0 Å². The van der Waals surface area contributed by atoms with E-state index in [9.17, 15) is 0 Å². The number of nitrogens with zero attached hydrogens (tertiary/aromatic N) is 2. The van der Waals surface area contributed by atoms with Crippen molar-refractivity contribution >= 4 is 17.4 Å². The minimum absolute atomic E-state index is 0.490. The first-order chi connectivity index (χ1) is 9.65. The summed E-state index contributed by atoms with van der Waals surface area (Å²) in [6.07, 6.45) is 1.83. The van der Waals surface area contributed by atoms with Gasteiger partial charge in [0.1, 0.15) is 11.6 Å². The molecule has 1 aromatic carbocycles. The highest BCUT2D eigenvalue weighted by molar-refractivity contribution is 6.17. The third-order valence-corrected chi connectivity index (χ3v) is 3.53. The number of halogens is 1. The Morgan fingerprint density at radius 3 is 2.70 bits per heavy atom. The van der Waals surface area contributed by atoms with Gasteiger partial charge >= 0.3 is 0 Å². The third-order valence-electron chi connectivity index (χ3n) is 3.22. The van der Waals surface area contributed by atoms with E-state index in [2.05, 4.69) is 28.9 Å². The molecule has 1 aromatic heterocycles. The van der Waals surface area contributed by atoms with Crippen LogP contribution in [0.4, 0.5) is 5.82 Å². The van der Waals surface area contributed by atoms with Crippen molar-refractivity contribution < 1.29 is 4.74 Å². The minimum atomic E-state index is 0.490. The predicted molar refractivity (Wildman–Crippen MR) is 83.6 cm³/mol. The largest absolute Gasteiger partial charge is 0.496 e. The Morgan fingerprint density at radius 2 is 2.05 bits per heavy atom. The highest BCUT2D eigenvalue weighted by Gasteiger charge is 2.10. The molecule has 0 aliphatic carbocycles. The number of rotatable bonds is 5. The van der Waals surface area contributed by atoms with Crippen LogP contribution in [0.2, 0.25) is 0 Å². The maximum absolute atomic E-state index is 5.83. The average molecular weight is 291 g/mol. The number of alkyl halides is 1. The van der Waals surface area contributed by atoms with Crippen LogP contribution in [0, 0.1) is 6.92 Å². The lowest BCUT2D eigenvalue weighted by Crippen LogP contribution is -2.19. The molecular weight excluding hydrogens is 272 g/mol. The second kappa shape index (κ2) is 6.62. The van der Waals surface area contributed by atoms with Crippen LogP contribution in [0.5, 0.6) is 5.75 Å². The van der Waals surface area contributed by atoms with Crippen LogP contribution in [0.1, 0.15) is 16.7 Å². The number of aromatic nitrogens is 1. The summed E-state index contributed by atoms with van der Waals surface area (Å²) in [5.41, 5.74) is 3.30. The summed E-state index contributed by atoms with van der Waals surface area (Å²) < 4.78 is 5.38. The van der Waals surface area contributed by atoms with Crippen molar-refractivity contribution in [3.05, 3.63) is 53.2 Å². The van der Waals surface area contributed by atoms with Gasteiger partial charge < -0.3 is 9.64 Å². The standard InChI is InChI=1S/C16H19ClN2O/c1-12-8-13(9-17)10-18-16(12)19(2)11-14-6-4-5-7-15(14)20-3/h4-8,10H,9,11H2,1-3H3. The van der Waals surface area contributed by atoms with Gasteiger partial charge in [0.2, 0.25) is 0 Å². The summed E-state index contributed by atoms with van der Waals surface area (Å²) in [5, 5.41) is 0. The molecule has 3 nitrogen and oxygen atoms in total. The molecule has 2 aromatic rings. The van der Waals surface area contributed by atoms with Gasteiger partial charge in [-0.1, -0.05) is 18.2 Å². The first-order valence-electron chi connectivity index (χ1n) is 6.50. The Bertz CT molecular complexity index is 586. The highest BCUT2D eigenvalue weighted by Crippen LogP contribution is 2.23. The molecule has 0 saturated heterocycles. The van der Waals surface area contributed by atoms with Crippen molar-refractivity contribution in [3.63, 3.8) is 0 Å². The number of pyridine rings is 1. The lowest BCUT2D eigenvalue weighted by atomic mass is 10.1. The smallest absolute Gasteiger partial charge is 0.131 e. The summed E-state index contributed by atoms with van der Waals surface area (Å²) in [6, 6.07) is 10.1. The molecule has 0 fully saturated rings. The Morgan fingerprint density at radius 1 is 1.30 bits per heavy atom. The van der Waals surface area contributed by atoms with Gasteiger partial charge in [0.25, 0.3) is 0 Å². The molecule has 0 aliphatic rings. The molecule has 1 heterocycles. The molecule has 0 spiro atoms. The summed E-state index contributed by atoms with van der Waals surface area (Å²) in [5.74, 6) is 2.35. The average Bonchev–Trinajstić information content (AvgIpc) is 2.47. The van der Waals surface area contributed by atoms with E-state index in [-0.39, 0.29) is 0 Å². The van der Waals surface area contributed by atoms with E-state index in [1.807, 2.05) is 31.4 Å². The van der Waals surface area contributed by atoms with Crippen LogP contribution >= 0.6 is 11.6 Å². The lowest BCUT2D eigenvalue weighted by molar-refractivity contribution is 0.409. The molecule has 0 atom stereocenters. The molecule has 106 valence electrons. The number of hydrogen-bond donors (Lipinski definition) is 0. The van der Waals surface area contributed by atoms with E-state index in [0.29, 0.717) is 5.88 Å². The van der Waals surface area contributed by atoms with Gasteiger partial charge in [-0.05, 0) is 30.2 Å². The molecule has 0 aliphatic heterocycles. The number of methoxy groups -OCH3 is 1. The van der Waals surface area contributed by atoms with Crippen molar-refractivity contribution in [2.24, 2.45) is 0 Å². The topological polar surface area (TPSA) is 25.4 Å². The first-order valence-corrected chi connectivity index (χ1v) is 7.03. The number of para-hydroxylation sites is 1. The monoisotopic (exact) mass is 290 g/mol. The minimum Gasteiger partial charge on any atom is -0.496 e. The quantitative estimate of drug-likeness (QED) is 0.784. The summed E-state index contributed by atoms with van der Waals surface area (Å²) in [4.78, 5) is 6.62. The molecule has 20 heavy (non-hydrogen) atoms. The Labute approximate surface area is 125 Å². The van der Waals surface area contributed by atoms with Crippen LogP contribution in [-0.2, 0) is 12.4 Å². The van der Waals surface area contributed by atoms with Crippen molar-refractivity contribution in [3.8, 4) is 5.75 Å². The molecule has 4 heteroatoms. The fourth-order valence-electron chi connectivity index (χ4n) is 2.26. The van der Waals surface area contributed by atoms with E-state index in [4.69, 9.17) is 16.3 Å². The Balaban J connectivity index is 2.21. The van der Waals surface area contributed by atoms with E-state index in [0.717, 1.165) is 34.8 Å². The maximum Gasteiger partial charge on any atom is 0.131 e. The predicted octanol–water partition coefficient (Wildman–Crippen LogP) is 3.77. The SMILES string of the molecule is COc1ccccc1CN(C)c1ncc(CCl)cc1C. The van der Waals surface area contributed by atoms with Gasteiger partial charge in [-0.3, -0.25) is 0 Å². The molecular formula is C16H19ClN2O. The molecule has 0 N–H and O–H groups in total. The van der Waals surface area contributed by atoms with Crippen LogP contribution < -0.4 is 9.64 Å². The number of ether oxygens (including phenoxy) is 1. The van der Waals surface area contributed by atoms with Gasteiger partial charge in [-0.25, -0.2) is 4.98 Å². The number of hydrogen-bond acceptors (Lipinski definition) is 3. The van der Waals surface area contributed by atoms with E-state index in [1.165, 1.54) is 0 Å². The summed E-state index contributed by atoms with van der Waals surface area (Å²) >= 11 is 5.83. The van der Waals surface area contributed by atoms with Gasteiger partial charge in [0, 0.05) is 31.2 Å². The molecule has 0 amide bonds. The van der Waals surface area contributed by atoms with Gasteiger partial charge in [-0.15, -0.1) is 11.6 Å². The third kappa shape index (κ3) is 3.23. The first kappa shape index (κ1) is 14.7. The van der Waals surface area contributed by atoms with Crippen LogP contribution in [-0.4, -0.2) is 19.1 Å². The zero-order valence-corrected chi connectivity index (χ0v) is 12.8. The Hall–Kier alpha value is -1.74. The van der Waals surface area contributed by atoms with E-state index >= 15 is 0 Å². The Kier molecular flexibility index (Phi) is 4.85. The molecule has 0 saturated carbocycles. The zero-order chi connectivity index (χ0) is 14.5. The molecule has 0 unspecified atom stereocenters. The van der Waals surface area contributed by atoms with E-state index in [1.54, 1.807) is 7.11 Å². The van der Waals surface area contributed by atoms with Crippen LogP contribution in [0.15, 0.2) is 36.5 Å². The highest BCUT2D eigenvalue weighted by atomic mass is 35.5. The summed E-state index contributed by atoms with van der Waals surface area (Å²) in [6.45, 7) is 2.80. The lowest BCUT2D eigenvalue weighted by Gasteiger charge is -2.21. The van der Waals surface area contributed by atoms with Crippen molar-refractivity contribution in [2.45, 2.75) is 19.3 Å². The van der Waals surface area contributed by atoms with Gasteiger partial charge in [-0.2, -0.15) is 0 Å². The van der Waals surface area contributed by atoms with Crippen molar-refractivity contribution in [2.75, 3.05) is 19.1 Å². The summed E-state index contributed by atoms with van der Waals surface area (Å²) in [7, 11) is 3.72. The molecule has 0 radical (unpaired) electrons. The molecule has 2 rings (SSSR count). The van der Waals surface area contributed by atoms with Crippen molar-refractivity contribution in [1.82, 2.24) is 4.98 Å². The maximum atomic E-state index is 5.83. The second-order valence-electron chi connectivity index (χ2n) is 4.79. The normalized spacial score (nSPS) is 10.4. The number of anilines is 1. The fourth-order valence-corrected chi connectivity index (χ4v) is 2.41. The van der Waals surface area contributed by atoms with Crippen LogP contribution in [0.25, 0.3) is 0 Å².